The standard InChI is InChI=1S/C23H20F3NO4/c1-11-18(15(23(30)31)8-12-4-2-5-12)19-17(10-16(25)21(28)20(19)26)27(11)22(29)13-6-3-7-14(24)9-13/h3,6-7,9-10,12,15,28H,2,4-5,8H2,1H3,(H,30,31)/t15-/m0/s1. The van der Waals surface area contributed by atoms with Crippen LogP contribution in [0.2, 0.25) is 0 Å². The van der Waals surface area contributed by atoms with Crippen LogP contribution in [0, 0.1) is 30.3 Å². The third-order valence-electron chi connectivity index (χ3n) is 6.12. The molecule has 1 atom stereocenters. The van der Waals surface area contributed by atoms with Crippen molar-refractivity contribution in [2.45, 2.75) is 38.5 Å². The summed E-state index contributed by atoms with van der Waals surface area (Å²) in [4.78, 5) is 25.3. The van der Waals surface area contributed by atoms with Gasteiger partial charge in [-0.3, -0.25) is 14.2 Å². The number of phenolic OH excluding ortho intramolecular Hbond substituents is 1. The molecule has 0 saturated heterocycles. The van der Waals surface area contributed by atoms with Crippen molar-refractivity contribution >= 4 is 22.8 Å². The first-order valence-electron chi connectivity index (χ1n) is 9.95. The lowest BCUT2D eigenvalue weighted by Gasteiger charge is -2.28. The average Bonchev–Trinajstić information content (AvgIpc) is 2.96. The topological polar surface area (TPSA) is 79.5 Å². The monoisotopic (exact) mass is 431 g/mol. The van der Waals surface area contributed by atoms with E-state index in [1.165, 1.54) is 19.1 Å². The van der Waals surface area contributed by atoms with Gasteiger partial charge in [0, 0.05) is 22.7 Å². The van der Waals surface area contributed by atoms with Gasteiger partial charge < -0.3 is 10.2 Å². The van der Waals surface area contributed by atoms with Crippen molar-refractivity contribution in [3.8, 4) is 5.75 Å². The van der Waals surface area contributed by atoms with Crippen LogP contribution in [-0.4, -0.2) is 26.7 Å². The number of rotatable bonds is 5. The van der Waals surface area contributed by atoms with Gasteiger partial charge in [0.1, 0.15) is 5.82 Å². The predicted octanol–water partition coefficient (Wildman–Crippen LogP) is 5.12. The fourth-order valence-corrected chi connectivity index (χ4v) is 4.35. The van der Waals surface area contributed by atoms with E-state index >= 15 is 4.39 Å². The lowest BCUT2D eigenvalue weighted by Crippen LogP contribution is -2.21. The molecule has 0 unspecified atom stereocenters. The molecule has 1 aliphatic rings. The maximum absolute atomic E-state index is 15.0. The van der Waals surface area contributed by atoms with Gasteiger partial charge in [0.15, 0.2) is 17.4 Å². The second kappa shape index (κ2) is 7.76. The van der Waals surface area contributed by atoms with E-state index in [1.54, 1.807) is 0 Å². The van der Waals surface area contributed by atoms with Crippen LogP contribution in [-0.2, 0) is 4.79 Å². The number of nitrogens with zero attached hydrogens (tertiary/aromatic N) is 1. The Morgan fingerprint density at radius 2 is 1.90 bits per heavy atom. The summed E-state index contributed by atoms with van der Waals surface area (Å²) in [6.07, 6.45) is 2.93. The smallest absolute Gasteiger partial charge is 0.311 e. The highest BCUT2D eigenvalue weighted by molar-refractivity contribution is 6.05. The molecule has 31 heavy (non-hydrogen) atoms. The molecular weight excluding hydrogens is 411 g/mol. The number of hydrogen-bond acceptors (Lipinski definition) is 3. The summed E-state index contributed by atoms with van der Waals surface area (Å²) in [6.45, 7) is 1.44. The van der Waals surface area contributed by atoms with Crippen LogP contribution in [0.25, 0.3) is 10.9 Å². The van der Waals surface area contributed by atoms with E-state index in [2.05, 4.69) is 0 Å². The minimum atomic E-state index is -1.32. The number of aromatic hydroxyl groups is 1. The van der Waals surface area contributed by atoms with Crippen LogP contribution in [0.3, 0.4) is 0 Å². The van der Waals surface area contributed by atoms with Gasteiger partial charge >= 0.3 is 5.97 Å². The largest absolute Gasteiger partial charge is 0.503 e. The third-order valence-corrected chi connectivity index (χ3v) is 6.12. The summed E-state index contributed by atoms with van der Waals surface area (Å²) in [7, 11) is 0. The quantitative estimate of drug-likeness (QED) is 0.588. The van der Waals surface area contributed by atoms with Crippen molar-refractivity contribution in [1.82, 2.24) is 4.57 Å². The molecule has 1 saturated carbocycles. The summed E-state index contributed by atoms with van der Waals surface area (Å²) < 4.78 is 43.9. The molecule has 0 radical (unpaired) electrons. The van der Waals surface area contributed by atoms with E-state index in [0.29, 0.717) is 0 Å². The van der Waals surface area contributed by atoms with E-state index in [9.17, 15) is 28.6 Å². The summed E-state index contributed by atoms with van der Waals surface area (Å²) in [5.41, 5.74) is -0.146. The molecule has 162 valence electrons. The number of aromatic nitrogens is 1. The third kappa shape index (κ3) is 3.45. The van der Waals surface area contributed by atoms with Crippen LogP contribution >= 0.6 is 0 Å². The first kappa shape index (κ1) is 21.0. The van der Waals surface area contributed by atoms with E-state index in [4.69, 9.17) is 0 Å². The van der Waals surface area contributed by atoms with Crippen LogP contribution in [0.1, 0.15) is 53.2 Å². The number of benzene rings is 2. The number of carbonyl (C=O) groups excluding carboxylic acids is 1. The average molecular weight is 431 g/mol. The molecule has 3 aromatic rings. The Kier molecular flexibility index (Phi) is 5.24. The molecule has 1 fully saturated rings. The molecule has 1 aromatic heterocycles. The lowest BCUT2D eigenvalue weighted by molar-refractivity contribution is -0.139. The molecule has 5 nitrogen and oxygen atoms in total. The zero-order valence-electron chi connectivity index (χ0n) is 16.7. The normalized spacial score (nSPS) is 15.1. The van der Waals surface area contributed by atoms with Crippen molar-refractivity contribution in [2.24, 2.45) is 5.92 Å². The highest BCUT2D eigenvalue weighted by Crippen LogP contribution is 2.43. The Hall–Kier alpha value is -3.29. The number of carbonyl (C=O) groups is 2. The lowest BCUT2D eigenvalue weighted by atomic mass is 9.76. The number of fused-ring (bicyclic) bond motifs is 1. The molecule has 2 N–H and O–H groups in total. The SMILES string of the molecule is Cc1c([C@H](CC2CCC2)C(=O)O)c2c(F)c(O)c(F)cc2n1C(=O)c1cccc(F)c1. The molecule has 1 heterocycles. The van der Waals surface area contributed by atoms with Crippen molar-refractivity contribution in [3.63, 3.8) is 0 Å². The van der Waals surface area contributed by atoms with Crippen LogP contribution in [0.15, 0.2) is 30.3 Å². The van der Waals surface area contributed by atoms with Crippen LogP contribution < -0.4 is 0 Å². The first-order chi connectivity index (χ1) is 14.7. The number of halogens is 3. The van der Waals surface area contributed by atoms with Gasteiger partial charge in [-0.2, -0.15) is 0 Å². The van der Waals surface area contributed by atoms with Gasteiger partial charge in [-0.15, -0.1) is 0 Å². The second-order valence-electron chi connectivity index (χ2n) is 7.99. The molecule has 8 heteroatoms. The van der Waals surface area contributed by atoms with Crippen molar-refractivity contribution in [2.75, 3.05) is 0 Å². The second-order valence-corrected chi connectivity index (χ2v) is 7.99. The Morgan fingerprint density at radius 3 is 2.48 bits per heavy atom. The molecule has 2 aromatic carbocycles. The highest BCUT2D eigenvalue weighted by Gasteiger charge is 2.35. The zero-order valence-corrected chi connectivity index (χ0v) is 16.7. The fraction of sp³-hybridized carbons (Fsp3) is 0.304. The van der Waals surface area contributed by atoms with Gasteiger partial charge in [0.25, 0.3) is 5.91 Å². The fourth-order valence-electron chi connectivity index (χ4n) is 4.35. The van der Waals surface area contributed by atoms with Gasteiger partial charge in [-0.05, 0) is 43.0 Å². The number of phenols is 1. The molecular formula is C23H20F3NO4. The van der Waals surface area contributed by atoms with Gasteiger partial charge in [-0.1, -0.05) is 25.3 Å². The van der Waals surface area contributed by atoms with Gasteiger partial charge in [0.2, 0.25) is 0 Å². The highest BCUT2D eigenvalue weighted by atomic mass is 19.1. The molecule has 0 spiro atoms. The molecule has 0 amide bonds. The predicted molar refractivity (Wildman–Crippen MR) is 107 cm³/mol. The van der Waals surface area contributed by atoms with Crippen LogP contribution in [0.5, 0.6) is 5.75 Å². The molecule has 0 aliphatic heterocycles. The Balaban J connectivity index is 2.00. The van der Waals surface area contributed by atoms with Crippen molar-refractivity contribution in [3.05, 3.63) is 64.6 Å². The van der Waals surface area contributed by atoms with Crippen molar-refractivity contribution in [1.29, 1.82) is 0 Å². The number of carboxylic acids is 1. The van der Waals surface area contributed by atoms with E-state index in [-0.39, 0.29) is 40.1 Å². The summed E-state index contributed by atoms with van der Waals surface area (Å²) in [5.74, 6) is -7.46. The summed E-state index contributed by atoms with van der Waals surface area (Å²) in [5, 5.41) is 19.4. The van der Waals surface area contributed by atoms with Gasteiger partial charge in [0.05, 0.1) is 11.4 Å². The molecule has 1 aliphatic carbocycles. The Morgan fingerprint density at radius 1 is 1.19 bits per heavy atom. The maximum Gasteiger partial charge on any atom is 0.311 e. The minimum absolute atomic E-state index is 0.0203. The first-order valence-corrected chi connectivity index (χ1v) is 9.95. The van der Waals surface area contributed by atoms with Crippen LogP contribution in [0.4, 0.5) is 13.2 Å². The minimum Gasteiger partial charge on any atom is -0.503 e. The van der Waals surface area contributed by atoms with Crippen molar-refractivity contribution < 1.29 is 33.0 Å². The molecule has 0 bridgehead atoms. The van der Waals surface area contributed by atoms with E-state index in [0.717, 1.165) is 42.0 Å². The maximum atomic E-state index is 15.0. The summed E-state index contributed by atoms with van der Waals surface area (Å²) in [6, 6.07) is 5.62. The number of carboxylic acid groups (broad SMARTS) is 1. The van der Waals surface area contributed by atoms with Gasteiger partial charge in [-0.25, -0.2) is 13.2 Å². The number of hydrogen-bond donors (Lipinski definition) is 2. The number of aliphatic carboxylic acids is 1. The Bertz CT molecular complexity index is 1210. The Labute approximate surface area is 175 Å². The molecule has 4 rings (SSSR count). The zero-order chi connectivity index (χ0) is 22.4. The van der Waals surface area contributed by atoms with E-state index < -0.39 is 41.0 Å². The van der Waals surface area contributed by atoms with E-state index in [1.807, 2.05) is 0 Å². The summed E-state index contributed by atoms with van der Waals surface area (Å²) >= 11 is 0.